The molecule has 1 heterocycles. The first kappa shape index (κ1) is 30.4. The minimum absolute atomic E-state index is 0.00503. The van der Waals surface area contributed by atoms with Crippen LogP contribution in [0, 0.1) is 6.92 Å². The number of nitrogens with zero attached hydrogens (tertiary/aromatic N) is 3. The summed E-state index contributed by atoms with van der Waals surface area (Å²) in [4.78, 5) is 31.7. The summed E-state index contributed by atoms with van der Waals surface area (Å²) in [6, 6.07) is 16.2. The standard InChI is InChI=1S/C31H47N5O3/c1-24(2)33-30(38)36(22-27-9-7-25(3)8-10-27)20-17-34-15-18-35(19-16-34)29(37)23-39-28-13-11-26(12-14-28)21-32-31(4,5)6/h7-14,24,32H,15-23H2,1-6H3,(H,33,38). The van der Waals surface area contributed by atoms with Gasteiger partial charge in [0.15, 0.2) is 6.61 Å². The van der Waals surface area contributed by atoms with Crippen LogP contribution in [-0.2, 0) is 17.9 Å². The molecule has 0 saturated carbocycles. The third-order valence-corrected chi connectivity index (χ3v) is 6.71. The number of hydrogen-bond acceptors (Lipinski definition) is 5. The van der Waals surface area contributed by atoms with Crippen LogP contribution in [-0.4, -0.2) is 84.1 Å². The highest BCUT2D eigenvalue weighted by atomic mass is 16.5. The topological polar surface area (TPSA) is 77.2 Å². The minimum Gasteiger partial charge on any atom is -0.484 e. The van der Waals surface area contributed by atoms with E-state index in [9.17, 15) is 9.59 Å². The minimum atomic E-state index is -0.0463. The molecule has 0 unspecified atom stereocenters. The van der Waals surface area contributed by atoms with Crippen molar-refractivity contribution >= 4 is 11.9 Å². The van der Waals surface area contributed by atoms with E-state index in [1.165, 1.54) is 11.1 Å². The van der Waals surface area contributed by atoms with Gasteiger partial charge in [-0.15, -0.1) is 0 Å². The lowest BCUT2D eigenvalue weighted by Crippen LogP contribution is -2.52. The normalized spacial score (nSPS) is 14.4. The van der Waals surface area contributed by atoms with Gasteiger partial charge in [-0.1, -0.05) is 42.0 Å². The molecule has 0 aliphatic carbocycles. The lowest BCUT2D eigenvalue weighted by molar-refractivity contribution is -0.135. The molecule has 2 aromatic carbocycles. The monoisotopic (exact) mass is 537 g/mol. The average molecular weight is 538 g/mol. The maximum atomic E-state index is 12.8. The summed E-state index contributed by atoms with van der Waals surface area (Å²) in [6.45, 7) is 18.1. The molecule has 214 valence electrons. The number of ether oxygens (including phenoxy) is 1. The van der Waals surface area contributed by atoms with Crippen LogP contribution < -0.4 is 15.4 Å². The molecule has 0 atom stereocenters. The van der Waals surface area contributed by atoms with E-state index >= 15 is 0 Å². The van der Waals surface area contributed by atoms with Crippen molar-refractivity contribution in [2.24, 2.45) is 0 Å². The van der Waals surface area contributed by atoms with Gasteiger partial charge in [-0.2, -0.15) is 0 Å². The smallest absolute Gasteiger partial charge is 0.317 e. The summed E-state index contributed by atoms with van der Waals surface area (Å²) in [5, 5.41) is 6.49. The molecule has 1 saturated heterocycles. The van der Waals surface area contributed by atoms with E-state index in [1.807, 2.05) is 47.9 Å². The van der Waals surface area contributed by atoms with E-state index in [-0.39, 0.29) is 30.1 Å². The molecular weight excluding hydrogens is 490 g/mol. The zero-order valence-electron chi connectivity index (χ0n) is 24.6. The zero-order chi connectivity index (χ0) is 28.4. The predicted octanol–water partition coefficient (Wildman–Crippen LogP) is 4.03. The number of amides is 3. The van der Waals surface area contributed by atoms with E-state index in [1.54, 1.807) is 0 Å². The maximum absolute atomic E-state index is 12.8. The Morgan fingerprint density at radius 1 is 0.949 bits per heavy atom. The molecule has 3 rings (SSSR count). The summed E-state index contributed by atoms with van der Waals surface area (Å²) in [7, 11) is 0. The van der Waals surface area contributed by atoms with Gasteiger partial charge >= 0.3 is 6.03 Å². The molecule has 1 aliphatic heterocycles. The number of benzene rings is 2. The van der Waals surface area contributed by atoms with Crippen molar-refractivity contribution in [3.63, 3.8) is 0 Å². The Morgan fingerprint density at radius 2 is 1.56 bits per heavy atom. The first-order valence-electron chi connectivity index (χ1n) is 14.1. The van der Waals surface area contributed by atoms with Crippen molar-refractivity contribution in [1.29, 1.82) is 0 Å². The number of urea groups is 1. The fraction of sp³-hybridized carbons (Fsp3) is 0.548. The molecule has 8 nitrogen and oxygen atoms in total. The number of rotatable bonds is 11. The van der Waals surface area contributed by atoms with E-state index in [0.29, 0.717) is 31.9 Å². The molecule has 39 heavy (non-hydrogen) atoms. The summed E-state index contributed by atoms with van der Waals surface area (Å²) >= 11 is 0. The predicted molar refractivity (Wildman–Crippen MR) is 157 cm³/mol. The molecule has 1 fully saturated rings. The van der Waals surface area contributed by atoms with Gasteiger partial charge < -0.3 is 25.2 Å². The Hall–Kier alpha value is -3.10. The quantitative estimate of drug-likeness (QED) is 0.453. The molecule has 0 aromatic heterocycles. The Bertz CT molecular complexity index is 1040. The second-order valence-electron chi connectivity index (χ2n) is 11.8. The molecule has 8 heteroatoms. The lowest BCUT2D eigenvalue weighted by atomic mass is 10.1. The van der Waals surface area contributed by atoms with Crippen LogP contribution in [0.1, 0.15) is 51.3 Å². The van der Waals surface area contributed by atoms with Gasteiger partial charge in [0.25, 0.3) is 5.91 Å². The largest absolute Gasteiger partial charge is 0.484 e. The van der Waals surface area contributed by atoms with Crippen molar-refractivity contribution < 1.29 is 14.3 Å². The summed E-state index contributed by atoms with van der Waals surface area (Å²) in [5.74, 6) is 0.709. The molecule has 3 amide bonds. The van der Waals surface area contributed by atoms with Crippen LogP contribution in [0.3, 0.4) is 0 Å². The average Bonchev–Trinajstić information content (AvgIpc) is 2.89. The van der Waals surface area contributed by atoms with Crippen LogP contribution in [0.2, 0.25) is 0 Å². The Balaban J connectivity index is 1.42. The van der Waals surface area contributed by atoms with Crippen molar-refractivity contribution in [1.82, 2.24) is 25.3 Å². The van der Waals surface area contributed by atoms with Crippen LogP contribution in [0.5, 0.6) is 5.75 Å². The summed E-state index contributed by atoms with van der Waals surface area (Å²) in [5.41, 5.74) is 3.57. The van der Waals surface area contributed by atoms with E-state index < -0.39 is 0 Å². The molecule has 2 N–H and O–H groups in total. The fourth-order valence-electron chi connectivity index (χ4n) is 4.29. The Labute approximate surface area is 234 Å². The summed E-state index contributed by atoms with van der Waals surface area (Å²) < 4.78 is 5.77. The first-order valence-corrected chi connectivity index (χ1v) is 14.1. The number of carbonyl (C=O) groups excluding carboxylic acids is 2. The van der Waals surface area contributed by atoms with Crippen LogP contribution in [0.15, 0.2) is 48.5 Å². The van der Waals surface area contributed by atoms with Crippen molar-refractivity contribution in [3.8, 4) is 5.75 Å². The first-order chi connectivity index (χ1) is 18.5. The van der Waals surface area contributed by atoms with E-state index in [0.717, 1.165) is 31.7 Å². The number of hydrogen-bond donors (Lipinski definition) is 2. The third-order valence-electron chi connectivity index (χ3n) is 6.71. The number of aryl methyl sites for hydroxylation is 1. The van der Waals surface area contributed by atoms with Crippen molar-refractivity contribution in [3.05, 3.63) is 65.2 Å². The Kier molecular flexibility index (Phi) is 11.2. The van der Waals surface area contributed by atoms with E-state index in [4.69, 9.17) is 4.74 Å². The second-order valence-corrected chi connectivity index (χ2v) is 11.8. The third kappa shape index (κ3) is 10.9. The second kappa shape index (κ2) is 14.3. The van der Waals surface area contributed by atoms with Gasteiger partial charge in [-0.05, 0) is 64.8 Å². The van der Waals surface area contributed by atoms with Gasteiger partial charge in [0, 0.05) is 63.9 Å². The molecular formula is C31H47N5O3. The van der Waals surface area contributed by atoms with Gasteiger partial charge in [-0.3, -0.25) is 9.69 Å². The van der Waals surface area contributed by atoms with Crippen LogP contribution in [0.25, 0.3) is 0 Å². The van der Waals surface area contributed by atoms with Gasteiger partial charge in [0.05, 0.1) is 0 Å². The highest BCUT2D eigenvalue weighted by molar-refractivity contribution is 5.78. The highest BCUT2D eigenvalue weighted by Crippen LogP contribution is 2.14. The number of nitrogens with one attached hydrogen (secondary N) is 2. The van der Waals surface area contributed by atoms with Crippen molar-refractivity contribution in [2.75, 3.05) is 45.9 Å². The Morgan fingerprint density at radius 3 is 2.15 bits per heavy atom. The van der Waals surface area contributed by atoms with Gasteiger partial charge in [0.2, 0.25) is 0 Å². The molecule has 1 aliphatic rings. The highest BCUT2D eigenvalue weighted by Gasteiger charge is 2.23. The van der Waals surface area contributed by atoms with E-state index in [2.05, 4.69) is 67.5 Å². The fourth-order valence-corrected chi connectivity index (χ4v) is 4.29. The maximum Gasteiger partial charge on any atom is 0.317 e. The van der Waals surface area contributed by atoms with Crippen LogP contribution >= 0.6 is 0 Å². The number of carbonyl (C=O) groups is 2. The lowest BCUT2D eigenvalue weighted by Gasteiger charge is -2.36. The molecule has 2 aromatic rings. The molecule has 0 radical (unpaired) electrons. The van der Waals surface area contributed by atoms with Gasteiger partial charge in [-0.25, -0.2) is 4.79 Å². The number of piperazine rings is 1. The summed E-state index contributed by atoms with van der Waals surface area (Å²) in [6.07, 6.45) is 0. The molecule has 0 spiro atoms. The van der Waals surface area contributed by atoms with Crippen LogP contribution in [0.4, 0.5) is 4.79 Å². The van der Waals surface area contributed by atoms with Gasteiger partial charge in [0.1, 0.15) is 5.75 Å². The van der Waals surface area contributed by atoms with Crippen molar-refractivity contribution in [2.45, 2.75) is 66.2 Å². The zero-order valence-corrected chi connectivity index (χ0v) is 24.6. The molecule has 0 bridgehead atoms. The SMILES string of the molecule is Cc1ccc(CN(CCN2CCN(C(=O)COc3ccc(CNC(C)(C)C)cc3)CC2)C(=O)NC(C)C)cc1.